The van der Waals surface area contributed by atoms with Crippen LogP contribution in [-0.4, -0.2) is 28.0 Å². The van der Waals surface area contributed by atoms with Crippen molar-refractivity contribution in [1.82, 2.24) is 9.55 Å². The fourth-order valence-electron chi connectivity index (χ4n) is 0.964. The Labute approximate surface area is 81.1 Å². The quantitative estimate of drug-likeness (QED) is 0.426. The molecule has 1 N–H and O–H groups in total. The molecule has 0 radical (unpaired) electrons. The molecule has 74 valence electrons. The predicted molar refractivity (Wildman–Crippen MR) is 54.6 cm³/mol. The highest BCUT2D eigenvalue weighted by atomic mass is 16.3. The third-order valence-electron chi connectivity index (χ3n) is 1.61. The van der Waals surface area contributed by atoms with Crippen LogP contribution in [-0.2, 0) is 0 Å². The van der Waals surface area contributed by atoms with Gasteiger partial charge in [-0.2, -0.15) is 0 Å². The lowest BCUT2D eigenvalue weighted by Gasteiger charge is -2.04. The molecule has 5 heteroatoms. The molecule has 5 nitrogen and oxygen atoms in total. The molecule has 0 aliphatic heterocycles. The second kappa shape index (κ2) is 4.36. The number of aliphatic imine (C=N–C) groups is 1. The van der Waals surface area contributed by atoms with Crippen molar-refractivity contribution < 1.29 is 5.11 Å². The van der Waals surface area contributed by atoms with Crippen molar-refractivity contribution in [2.24, 2.45) is 4.99 Å². The van der Waals surface area contributed by atoms with Gasteiger partial charge in [0.2, 0.25) is 0 Å². The van der Waals surface area contributed by atoms with Crippen molar-refractivity contribution in [3.8, 4) is 0 Å². The lowest BCUT2D eigenvalue weighted by atomic mass is 10.4. The second-order valence-corrected chi connectivity index (χ2v) is 2.52. The number of hydrogen-bond donors (Lipinski definition) is 1. The van der Waals surface area contributed by atoms with Crippen molar-refractivity contribution in [2.45, 2.75) is 6.92 Å². The SMILES string of the molecule is C/C=C(/O)c1nccc(=O)n1C=NC. The summed E-state index contributed by atoms with van der Waals surface area (Å²) in [5.74, 6) is 0.133. The minimum atomic E-state index is -0.283. The van der Waals surface area contributed by atoms with E-state index >= 15 is 0 Å². The molecule has 1 aromatic rings. The Balaban J connectivity index is 3.43. The van der Waals surface area contributed by atoms with Crippen LogP contribution in [0.5, 0.6) is 0 Å². The van der Waals surface area contributed by atoms with Crippen LogP contribution in [0.1, 0.15) is 12.7 Å². The van der Waals surface area contributed by atoms with Crippen LogP contribution in [0.25, 0.3) is 5.76 Å². The molecule has 0 aromatic carbocycles. The third-order valence-corrected chi connectivity index (χ3v) is 1.61. The number of rotatable bonds is 2. The molecule has 0 aliphatic rings. The zero-order chi connectivity index (χ0) is 10.6. The largest absolute Gasteiger partial charge is 0.504 e. The zero-order valence-electron chi connectivity index (χ0n) is 8.01. The molecule has 0 saturated heterocycles. The molecular formula is C9H11N3O2. The van der Waals surface area contributed by atoms with Crippen molar-refractivity contribution in [2.75, 3.05) is 7.05 Å². The highest BCUT2D eigenvalue weighted by Gasteiger charge is 2.05. The summed E-state index contributed by atoms with van der Waals surface area (Å²) in [5, 5.41) is 9.44. The van der Waals surface area contributed by atoms with Crippen LogP contribution in [0, 0.1) is 0 Å². The molecule has 0 atom stereocenters. The van der Waals surface area contributed by atoms with Gasteiger partial charge in [0.1, 0.15) is 0 Å². The summed E-state index contributed by atoms with van der Waals surface area (Å²) in [6, 6.07) is 1.30. The van der Waals surface area contributed by atoms with E-state index in [2.05, 4.69) is 9.98 Å². The lowest BCUT2D eigenvalue weighted by molar-refractivity contribution is 0.501. The minimum Gasteiger partial charge on any atom is -0.504 e. The third kappa shape index (κ3) is 1.87. The molecule has 0 bridgehead atoms. The van der Waals surface area contributed by atoms with Gasteiger partial charge in [0.25, 0.3) is 5.56 Å². The van der Waals surface area contributed by atoms with Gasteiger partial charge in [-0.15, -0.1) is 0 Å². The average Bonchev–Trinajstić information content (AvgIpc) is 2.20. The number of aliphatic hydroxyl groups excluding tert-OH is 1. The normalized spacial score (nSPS) is 12.3. The first-order valence-electron chi connectivity index (χ1n) is 4.06. The maximum absolute atomic E-state index is 11.3. The molecular weight excluding hydrogens is 182 g/mol. The van der Waals surface area contributed by atoms with Crippen molar-refractivity contribution in [3.63, 3.8) is 0 Å². The monoisotopic (exact) mass is 193 g/mol. The number of hydrogen-bond acceptors (Lipinski definition) is 4. The Morgan fingerprint density at radius 1 is 1.71 bits per heavy atom. The Kier molecular flexibility index (Phi) is 3.17. The number of aromatic nitrogens is 2. The summed E-state index contributed by atoms with van der Waals surface area (Å²) in [4.78, 5) is 18.9. The highest BCUT2D eigenvalue weighted by Crippen LogP contribution is 2.03. The second-order valence-electron chi connectivity index (χ2n) is 2.52. The topological polar surface area (TPSA) is 67.5 Å². The molecule has 1 rings (SSSR count). The molecule has 0 unspecified atom stereocenters. The Bertz CT molecular complexity index is 432. The van der Waals surface area contributed by atoms with Gasteiger partial charge in [0.15, 0.2) is 11.6 Å². The smallest absolute Gasteiger partial charge is 0.259 e. The van der Waals surface area contributed by atoms with E-state index in [1.807, 2.05) is 0 Å². The van der Waals surface area contributed by atoms with E-state index in [1.165, 1.54) is 36.3 Å². The van der Waals surface area contributed by atoms with Crippen molar-refractivity contribution in [3.05, 3.63) is 34.5 Å². The first-order valence-corrected chi connectivity index (χ1v) is 4.06. The van der Waals surface area contributed by atoms with Gasteiger partial charge in [-0.3, -0.25) is 9.79 Å². The molecule has 0 amide bonds. The standard InChI is InChI=1S/C9H11N3O2/c1-3-7(13)9-11-5-4-8(14)12(9)6-10-2/h3-6,13H,1-2H3/b7-3+,10-6?. The molecule has 14 heavy (non-hydrogen) atoms. The number of allylic oxidation sites excluding steroid dienone is 1. The van der Waals surface area contributed by atoms with Crippen LogP contribution in [0.15, 0.2) is 28.1 Å². The van der Waals surface area contributed by atoms with E-state index in [-0.39, 0.29) is 17.1 Å². The van der Waals surface area contributed by atoms with Gasteiger partial charge in [-0.25, -0.2) is 9.55 Å². The summed E-state index contributed by atoms with van der Waals surface area (Å²) in [7, 11) is 1.54. The summed E-state index contributed by atoms with van der Waals surface area (Å²) in [5.41, 5.74) is -0.283. The van der Waals surface area contributed by atoms with E-state index in [1.54, 1.807) is 6.92 Å². The molecule has 0 fully saturated rings. The van der Waals surface area contributed by atoms with E-state index in [0.717, 1.165) is 0 Å². The van der Waals surface area contributed by atoms with E-state index < -0.39 is 0 Å². The summed E-state index contributed by atoms with van der Waals surface area (Å²) in [6.07, 6.45) is 4.11. The fraction of sp³-hybridized carbons (Fsp3) is 0.222. The van der Waals surface area contributed by atoms with Crippen LogP contribution < -0.4 is 5.56 Å². The van der Waals surface area contributed by atoms with Crippen LogP contribution >= 0.6 is 0 Å². The number of aliphatic hydroxyl groups is 1. The minimum absolute atomic E-state index is 0.0531. The molecule has 0 spiro atoms. The van der Waals surface area contributed by atoms with Gasteiger partial charge in [-0.1, -0.05) is 0 Å². The van der Waals surface area contributed by atoms with E-state index in [4.69, 9.17) is 0 Å². The summed E-state index contributed by atoms with van der Waals surface area (Å²) < 4.78 is 1.18. The Morgan fingerprint density at radius 2 is 2.43 bits per heavy atom. The Hall–Kier alpha value is -1.91. The highest BCUT2D eigenvalue weighted by molar-refractivity contribution is 5.65. The molecule has 1 heterocycles. The number of nitrogens with zero attached hydrogens (tertiary/aromatic N) is 3. The predicted octanol–water partition coefficient (Wildman–Crippen LogP) is 0.668. The van der Waals surface area contributed by atoms with Gasteiger partial charge in [0, 0.05) is 19.3 Å². The van der Waals surface area contributed by atoms with E-state index in [9.17, 15) is 9.90 Å². The zero-order valence-corrected chi connectivity index (χ0v) is 8.01. The van der Waals surface area contributed by atoms with Crippen molar-refractivity contribution in [1.29, 1.82) is 0 Å². The molecule has 0 aliphatic carbocycles. The molecule has 0 saturated carbocycles. The van der Waals surface area contributed by atoms with Crippen LogP contribution in [0.3, 0.4) is 0 Å². The van der Waals surface area contributed by atoms with Gasteiger partial charge < -0.3 is 5.11 Å². The summed E-state index contributed by atoms with van der Waals surface area (Å²) in [6.45, 7) is 1.65. The van der Waals surface area contributed by atoms with Crippen molar-refractivity contribution >= 4 is 12.1 Å². The van der Waals surface area contributed by atoms with E-state index in [0.29, 0.717) is 0 Å². The van der Waals surface area contributed by atoms with Gasteiger partial charge in [0.05, 0.1) is 6.34 Å². The maximum Gasteiger partial charge on any atom is 0.259 e. The van der Waals surface area contributed by atoms with Gasteiger partial charge in [-0.05, 0) is 13.0 Å². The van der Waals surface area contributed by atoms with Crippen LogP contribution in [0.4, 0.5) is 0 Å². The van der Waals surface area contributed by atoms with Crippen LogP contribution in [0.2, 0.25) is 0 Å². The summed E-state index contributed by atoms with van der Waals surface area (Å²) >= 11 is 0. The Morgan fingerprint density at radius 3 is 3.00 bits per heavy atom. The fourth-order valence-corrected chi connectivity index (χ4v) is 0.964. The first kappa shape index (κ1) is 10.2. The average molecular weight is 193 g/mol. The van der Waals surface area contributed by atoms with Gasteiger partial charge >= 0.3 is 0 Å². The maximum atomic E-state index is 11.3. The first-order chi connectivity index (χ1) is 6.70. The molecule has 1 aromatic heterocycles. The lowest BCUT2D eigenvalue weighted by Crippen LogP contribution is -2.23.